The van der Waals surface area contributed by atoms with Crippen molar-refractivity contribution in [3.63, 3.8) is 0 Å². The molecule has 0 fully saturated rings. The van der Waals surface area contributed by atoms with Crippen molar-refractivity contribution in [3.05, 3.63) is 12.7 Å². The van der Waals surface area contributed by atoms with Gasteiger partial charge in [-0.2, -0.15) is 0 Å². The molecule has 0 aliphatic carbocycles. The molecule has 0 heterocycles. The molecule has 0 bridgehead atoms. The number of carbonyl (C=O) groups excluding carboxylic acids is 1. The molecule has 0 rings (SSSR count). The van der Waals surface area contributed by atoms with E-state index in [1.807, 2.05) is 0 Å². The molecule has 0 saturated carbocycles. The smallest absolute Gasteiger partial charge is 0.438 e. The molecule has 0 saturated heterocycles. The van der Waals surface area contributed by atoms with E-state index in [0.29, 0.717) is 0 Å². The summed E-state index contributed by atoms with van der Waals surface area (Å²) in [5, 5.41) is 0. The summed E-state index contributed by atoms with van der Waals surface area (Å²) >= 11 is 0. The average molecular weight is 172 g/mol. The van der Waals surface area contributed by atoms with E-state index in [2.05, 4.69) is 18.2 Å². The summed E-state index contributed by atoms with van der Waals surface area (Å²) in [5.41, 5.74) is 0. The Morgan fingerprint density at radius 3 is 2.75 bits per heavy atom. The van der Waals surface area contributed by atoms with Crippen LogP contribution in [0.4, 0.5) is 4.79 Å². The van der Waals surface area contributed by atoms with E-state index in [1.54, 1.807) is 6.08 Å². The number of methoxy groups -OCH3 is 1. The molecule has 70 valence electrons. The molecule has 0 spiro atoms. The molecule has 0 aromatic rings. The second-order valence-corrected chi connectivity index (χ2v) is 2.49. The third-order valence-corrected chi connectivity index (χ3v) is 1.52. The number of hydrogen-bond donors (Lipinski definition) is 0. The van der Waals surface area contributed by atoms with Crippen molar-refractivity contribution in [2.24, 2.45) is 0 Å². The third kappa shape index (κ3) is 4.77. The topological polar surface area (TPSA) is 35.5 Å². The Morgan fingerprint density at radius 2 is 2.33 bits per heavy atom. The van der Waals surface area contributed by atoms with Gasteiger partial charge in [-0.25, -0.2) is 4.79 Å². The highest BCUT2D eigenvalue weighted by molar-refractivity contribution is 5.60. The fourth-order valence-corrected chi connectivity index (χ4v) is 0.802. The maximum Gasteiger partial charge on any atom is 0.508 e. The van der Waals surface area contributed by atoms with E-state index in [9.17, 15) is 4.79 Å². The van der Waals surface area contributed by atoms with Gasteiger partial charge in [0.1, 0.15) is 6.10 Å². The van der Waals surface area contributed by atoms with Crippen LogP contribution in [-0.2, 0) is 9.47 Å². The molecule has 0 aliphatic heterocycles. The Kier molecular flexibility index (Phi) is 6.15. The van der Waals surface area contributed by atoms with Gasteiger partial charge in [0, 0.05) is 0 Å². The van der Waals surface area contributed by atoms with Gasteiger partial charge < -0.3 is 9.47 Å². The van der Waals surface area contributed by atoms with Crippen molar-refractivity contribution in [3.8, 4) is 0 Å². The largest absolute Gasteiger partial charge is 0.508 e. The summed E-state index contributed by atoms with van der Waals surface area (Å²) in [5.74, 6) is 0. The van der Waals surface area contributed by atoms with Crippen LogP contribution in [0.5, 0.6) is 0 Å². The zero-order chi connectivity index (χ0) is 9.40. The van der Waals surface area contributed by atoms with Crippen LogP contribution >= 0.6 is 0 Å². The van der Waals surface area contributed by atoms with Crippen LogP contribution in [0.1, 0.15) is 26.2 Å². The molecule has 0 aromatic carbocycles. The van der Waals surface area contributed by atoms with Crippen molar-refractivity contribution < 1.29 is 14.3 Å². The standard InChI is InChI=1S/C9H16O3/c1-4-6-7-8(5-2)12-9(10)11-3/h5,8H,2,4,6-7H2,1,3H3/t8-/m0/s1. The molecule has 0 unspecified atom stereocenters. The predicted molar refractivity (Wildman–Crippen MR) is 47.0 cm³/mol. The van der Waals surface area contributed by atoms with E-state index in [1.165, 1.54) is 7.11 Å². The Bertz CT molecular complexity index is 143. The molecule has 0 aliphatic rings. The highest BCUT2D eigenvalue weighted by Crippen LogP contribution is 2.06. The quantitative estimate of drug-likeness (QED) is 0.472. The molecule has 3 heteroatoms. The first-order chi connectivity index (χ1) is 5.74. The minimum atomic E-state index is -0.643. The van der Waals surface area contributed by atoms with Crippen molar-refractivity contribution >= 4 is 6.16 Å². The van der Waals surface area contributed by atoms with Crippen molar-refractivity contribution in [1.29, 1.82) is 0 Å². The summed E-state index contributed by atoms with van der Waals surface area (Å²) in [6.45, 7) is 5.65. The Labute approximate surface area is 73.4 Å². The second kappa shape index (κ2) is 6.70. The molecule has 1 atom stereocenters. The fraction of sp³-hybridized carbons (Fsp3) is 0.667. The summed E-state index contributed by atoms with van der Waals surface area (Å²) in [4.78, 5) is 10.7. The molecule has 0 radical (unpaired) electrons. The highest BCUT2D eigenvalue weighted by Gasteiger charge is 2.09. The lowest BCUT2D eigenvalue weighted by molar-refractivity contribution is 0.0494. The maximum absolute atomic E-state index is 10.7. The van der Waals surface area contributed by atoms with Crippen LogP contribution in [0.15, 0.2) is 12.7 Å². The van der Waals surface area contributed by atoms with Crippen molar-refractivity contribution in [2.45, 2.75) is 32.3 Å². The van der Waals surface area contributed by atoms with Crippen LogP contribution in [0, 0.1) is 0 Å². The van der Waals surface area contributed by atoms with E-state index in [4.69, 9.17) is 4.74 Å². The average Bonchev–Trinajstić information content (AvgIpc) is 2.11. The molecule has 0 N–H and O–H groups in total. The zero-order valence-electron chi connectivity index (χ0n) is 7.71. The van der Waals surface area contributed by atoms with Gasteiger partial charge in [0.2, 0.25) is 0 Å². The van der Waals surface area contributed by atoms with Gasteiger partial charge in [0.25, 0.3) is 0 Å². The van der Waals surface area contributed by atoms with Crippen molar-refractivity contribution in [2.75, 3.05) is 7.11 Å². The van der Waals surface area contributed by atoms with Gasteiger partial charge in [0.15, 0.2) is 0 Å². The fourth-order valence-electron chi connectivity index (χ4n) is 0.802. The lowest BCUT2D eigenvalue weighted by Crippen LogP contribution is -2.15. The van der Waals surface area contributed by atoms with E-state index >= 15 is 0 Å². The first-order valence-electron chi connectivity index (χ1n) is 4.11. The number of carbonyl (C=O) groups is 1. The first kappa shape index (κ1) is 11.0. The molecular formula is C9H16O3. The number of hydrogen-bond acceptors (Lipinski definition) is 3. The third-order valence-electron chi connectivity index (χ3n) is 1.52. The van der Waals surface area contributed by atoms with Gasteiger partial charge in [-0.05, 0) is 12.8 Å². The highest BCUT2D eigenvalue weighted by atomic mass is 16.7. The summed E-state index contributed by atoms with van der Waals surface area (Å²) in [6.07, 6.45) is 3.68. The van der Waals surface area contributed by atoms with Gasteiger partial charge >= 0.3 is 6.16 Å². The zero-order valence-corrected chi connectivity index (χ0v) is 7.71. The lowest BCUT2D eigenvalue weighted by atomic mass is 10.1. The number of unbranched alkanes of at least 4 members (excludes halogenated alkanes) is 1. The number of rotatable bonds is 5. The Hall–Kier alpha value is -0.990. The Morgan fingerprint density at radius 1 is 1.67 bits per heavy atom. The van der Waals surface area contributed by atoms with E-state index in [0.717, 1.165) is 19.3 Å². The maximum atomic E-state index is 10.7. The normalized spacial score (nSPS) is 11.8. The summed E-state index contributed by atoms with van der Waals surface area (Å²) < 4.78 is 9.23. The minimum Gasteiger partial charge on any atom is -0.438 e. The van der Waals surface area contributed by atoms with Crippen LogP contribution in [-0.4, -0.2) is 19.4 Å². The monoisotopic (exact) mass is 172 g/mol. The number of ether oxygens (including phenoxy) is 2. The molecular weight excluding hydrogens is 156 g/mol. The van der Waals surface area contributed by atoms with Crippen LogP contribution in [0.2, 0.25) is 0 Å². The molecule has 0 amide bonds. The SMILES string of the molecule is C=C[C@@H](CCCC)OC(=O)OC. The summed E-state index contributed by atoms with van der Waals surface area (Å²) in [7, 11) is 1.29. The Balaban J connectivity index is 3.66. The summed E-state index contributed by atoms with van der Waals surface area (Å²) in [6, 6.07) is 0. The molecule has 12 heavy (non-hydrogen) atoms. The van der Waals surface area contributed by atoms with Crippen molar-refractivity contribution in [1.82, 2.24) is 0 Å². The van der Waals surface area contributed by atoms with Crippen LogP contribution in [0.3, 0.4) is 0 Å². The minimum absolute atomic E-state index is 0.211. The van der Waals surface area contributed by atoms with Crippen LogP contribution < -0.4 is 0 Å². The lowest BCUT2D eigenvalue weighted by Gasteiger charge is -2.11. The molecule has 0 aromatic heterocycles. The van der Waals surface area contributed by atoms with Gasteiger partial charge in [-0.15, -0.1) is 0 Å². The predicted octanol–water partition coefficient (Wildman–Crippen LogP) is 2.51. The molecule has 3 nitrogen and oxygen atoms in total. The van der Waals surface area contributed by atoms with Gasteiger partial charge in [-0.3, -0.25) is 0 Å². The van der Waals surface area contributed by atoms with Gasteiger partial charge in [0.05, 0.1) is 7.11 Å². The van der Waals surface area contributed by atoms with E-state index < -0.39 is 6.16 Å². The second-order valence-electron chi connectivity index (χ2n) is 2.49. The first-order valence-corrected chi connectivity index (χ1v) is 4.11. The van der Waals surface area contributed by atoms with Crippen LogP contribution in [0.25, 0.3) is 0 Å². The van der Waals surface area contributed by atoms with Gasteiger partial charge in [-0.1, -0.05) is 26.0 Å². The van der Waals surface area contributed by atoms with E-state index in [-0.39, 0.29) is 6.10 Å².